The van der Waals surface area contributed by atoms with Gasteiger partial charge in [-0.2, -0.15) is 5.10 Å². The second-order valence-electron chi connectivity index (χ2n) is 6.01. The van der Waals surface area contributed by atoms with Crippen LogP contribution >= 0.6 is 23.2 Å². The average Bonchev–Trinajstić information content (AvgIpc) is 2.94. The number of amides is 1. The van der Waals surface area contributed by atoms with Crippen LogP contribution in [-0.2, 0) is 6.54 Å². The van der Waals surface area contributed by atoms with Crippen molar-refractivity contribution in [2.45, 2.75) is 20.4 Å². The van der Waals surface area contributed by atoms with Gasteiger partial charge >= 0.3 is 0 Å². The van der Waals surface area contributed by atoms with Crippen LogP contribution in [0, 0.1) is 13.8 Å². The third-order valence-electron chi connectivity index (χ3n) is 3.81. The van der Waals surface area contributed by atoms with Crippen LogP contribution in [0.1, 0.15) is 21.7 Å². The van der Waals surface area contributed by atoms with Crippen LogP contribution < -0.4 is 10.9 Å². The number of benzene rings is 1. The van der Waals surface area contributed by atoms with Gasteiger partial charge in [-0.1, -0.05) is 23.2 Å². The van der Waals surface area contributed by atoms with E-state index >= 15 is 0 Å². The van der Waals surface area contributed by atoms with Crippen molar-refractivity contribution in [1.82, 2.24) is 24.9 Å². The van der Waals surface area contributed by atoms with Gasteiger partial charge in [0.15, 0.2) is 5.82 Å². The topological polar surface area (TPSA) is 81.8 Å². The lowest BCUT2D eigenvalue weighted by Crippen LogP contribution is -2.32. The number of carbonyl (C=O) groups excluding carboxylic acids is 1. The van der Waals surface area contributed by atoms with Gasteiger partial charge in [-0.15, -0.1) is 5.10 Å². The molecule has 3 rings (SSSR count). The molecule has 0 saturated heterocycles. The molecular formula is C18H17Cl2N5O2. The Labute approximate surface area is 165 Å². The Morgan fingerprint density at radius 3 is 2.41 bits per heavy atom. The summed E-state index contributed by atoms with van der Waals surface area (Å²) in [4.78, 5) is 24.3. The van der Waals surface area contributed by atoms with E-state index in [-0.39, 0.29) is 24.6 Å². The minimum atomic E-state index is -0.331. The fraction of sp³-hybridized carbons (Fsp3) is 0.222. The molecular weight excluding hydrogens is 389 g/mol. The molecule has 0 unspecified atom stereocenters. The molecule has 0 spiro atoms. The quantitative estimate of drug-likeness (QED) is 0.707. The lowest BCUT2D eigenvalue weighted by Gasteiger charge is -2.09. The number of hydrogen-bond acceptors (Lipinski definition) is 4. The summed E-state index contributed by atoms with van der Waals surface area (Å²) in [5.41, 5.74) is 1.86. The van der Waals surface area contributed by atoms with Gasteiger partial charge in [0.25, 0.3) is 11.5 Å². The van der Waals surface area contributed by atoms with Crippen molar-refractivity contribution in [3.63, 3.8) is 0 Å². The van der Waals surface area contributed by atoms with Crippen LogP contribution in [0.15, 0.2) is 41.2 Å². The number of hydrogen-bond donors (Lipinski definition) is 1. The first-order chi connectivity index (χ1) is 12.8. The van der Waals surface area contributed by atoms with Gasteiger partial charge in [0.05, 0.1) is 12.2 Å². The van der Waals surface area contributed by atoms with Gasteiger partial charge in [-0.05, 0) is 44.2 Å². The average molecular weight is 406 g/mol. The highest BCUT2D eigenvalue weighted by atomic mass is 35.5. The molecule has 1 aromatic carbocycles. The van der Waals surface area contributed by atoms with Crippen LogP contribution in [0.4, 0.5) is 0 Å². The van der Waals surface area contributed by atoms with Crippen molar-refractivity contribution < 1.29 is 4.79 Å². The number of aromatic nitrogens is 4. The number of rotatable bonds is 5. The van der Waals surface area contributed by atoms with E-state index in [1.54, 1.807) is 16.8 Å². The molecule has 1 amide bonds. The molecule has 0 bridgehead atoms. The van der Waals surface area contributed by atoms with Crippen LogP contribution in [0.5, 0.6) is 0 Å². The first-order valence-electron chi connectivity index (χ1n) is 8.19. The van der Waals surface area contributed by atoms with Gasteiger partial charge in [0, 0.05) is 33.9 Å². The predicted octanol–water partition coefficient (Wildman–Crippen LogP) is 2.78. The Morgan fingerprint density at radius 1 is 1.07 bits per heavy atom. The minimum Gasteiger partial charge on any atom is -0.350 e. The number of nitrogens with one attached hydrogen (secondary N) is 1. The normalized spacial score (nSPS) is 10.8. The molecule has 3 aromatic rings. The van der Waals surface area contributed by atoms with Gasteiger partial charge in [0.2, 0.25) is 0 Å². The van der Waals surface area contributed by atoms with E-state index < -0.39 is 0 Å². The summed E-state index contributed by atoms with van der Waals surface area (Å²) >= 11 is 11.8. The molecule has 0 fully saturated rings. The van der Waals surface area contributed by atoms with Crippen molar-refractivity contribution in [1.29, 1.82) is 0 Å². The molecule has 9 heteroatoms. The molecule has 0 aliphatic rings. The summed E-state index contributed by atoms with van der Waals surface area (Å²) in [6, 6.07) is 9.57. The van der Waals surface area contributed by atoms with Crippen molar-refractivity contribution in [3.05, 3.63) is 73.7 Å². The van der Waals surface area contributed by atoms with Crippen LogP contribution in [0.25, 0.3) is 5.82 Å². The predicted molar refractivity (Wildman–Crippen MR) is 104 cm³/mol. The molecule has 140 valence electrons. The molecule has 7 nitrogen and oxygen atoms in total. The Bertz CT molecular complexity index is 1040. The van der Waals surface area contributed by atoms with Crippen molar-refractivity contribution in [3.8, 4) is 5.82 Å². The largest absolute Gasteiger partial charge is 0.350 e. The summed E-state index contributed by atoms with van der Waals surface area (Å²) in [6.45, 7) is 4.23. The zero-order valence-electron chi connectivity index (χ0n) is 14.7. The highest BCUT2D eigenvalue weighted by Crippen LogP contribution is 2.18. The summed E-state index contributed by atoms with van der Waals surface area (Å²) in [6.07, 6.45) is 0. The summed E-state index contributed by atoms with van der Waals surface area (Å²) < 4.78 is 2.95. The summed E-state index contributed by atoms with van der Waals surface area (Å²) in [7, 11) is 0. The molecule has 27 heavy (non-hydrogen) atoms. The van der Waals surface area contributed by atoms with Crippen LogP contribution in [-0.4, -0.2) is 32.0 Å². The van der Waals surface area contributed by atoms with E-state index in [0.29, 0.717) is 21.4 Å². The Morgan fingerprint density at radius 2 is 1.78 bits per heavy atom. The van der Waals surface area contributed by atoms with E-state index in [9.17, 15) is 9.59 Å². The van der Waals surface area contributed by atoms with Gasteiger partial charge in [-0.25, -0.2) is 9.36 Å². The maximum atomic E-state index is 12.2. The van der Waals surface area contributed by atoms with Gasteiger partial charge in [0.1, 0.15) is 0 Å². The van der Waals surface area contributed by atoms with Crippen molar-refractivity contribution in [2.24, 2.45) is 0 Å². The highest BCUT2D eigenvalue weighted by Gasteiger charge is 2.10. The maximum absolute atomic E-state index is 12.2. The van der Waals surface area contributed by atoms with E-state index in [1.165, 1.54) is 22.9 Å². The molecule has 1 N–H and O–H groups in total. The van der Waals surface area contributed by atoms with Crippen molar-refractivity contribution >= 4 is 29.1 Å². The fourth-order valence-electron chi connectivity index (χ4n) is 2.63. The van der Waals surface area contributed by atoms with Crippen molar-refractivity contribution in [2.75, 3.05) is 6.54 Å². The smallest absolute Gasteiger partial charge is 0.266 e. The van der Waals surface area contributed by atoms with E-state index in [0.717, 1.165) is 11.4 Å². The third kappa shape index (κ3) is 4.56. The van der Waals surface area contributed by atoms with E-state index in [2.05, 4.69) is 15.5 Å². The third-order valence-corrected chi connectivity index (χ3v) is 4.25. The fourth-order valence-corrected chi connectivity index (χ4v) is 3.16. The first kappa shape index (κ1) is 19.1. The lowest BCUT2D eigenvalue weighted by molar-refractivity contribution is 0.0951. The monoisotopic (exact) mass is 405 g/mol. The second-order valence-corrected chi connectivity index (χ2v) is 6.88. The lowest BCUT2D eigenvalue weighted by atomic mass is 10.2. The molecule has 0 radical (unpaired) electrons. The molecule has 0 aliphatic heterocycles. The standard InChI is InChI=1S/C18H17Cl2N5O2/c1-11-7-12(2)25(22-11)16-3-4-17(26)24(23-16)6-5-21-18(27)13-8-14(19)10-15(20)9-13/h3-4,7-10H,5-6H2,1-2H3,(H,21,27). The zero-order chi connectivity index (χ0) is 19.6. The second kappa shape index (κ2) is 7.94. The number of carbonyl (C=O) groups is 1. The summed E-state index contributed by atoms with van der Waals surface area (Å²) in [5.74, 6) is 0.204. The molecule has 0 saturated carbocycles. The van der Waals surface area contributed by atoms with Crippen LogP contribution in [0.2, 0.25) is 10.0 Å². The number of halogens is 2. The van der Waals surface area contributed by atoms with E-state index in [4.69, 9.17) is 23.2 Å². The van der Waals surface area contributed by atoms with Gasteiger partial charge in [-0.3, -0.25) is 9.59 Å². The van der Waals surface area contributed by atoms with Gasteiger partial charge < -0.3 is 5.32 Å². The molecule has 0 aliphatic carbocycles. The summed E-state index contributed by atoms with van der Waals surface area (Å²) in [5, 5.41) is 12.2. The molecule has 2 aromatic heterocycles. The minimum absolute atomic E-state index is 0.214. The SMILES string of the molecule is Cc1cc(C)n(-c2ccc(=O)n(CCNC(=O)c3cc(Cl)cc(Cl)c3)n2)n1. The number of nitrogens with zero attached hydrogens (tertiary/aromatic N) is 4. The Balaban J connectivity index is 1.71. The Kier molecular flexibility index (Phi) is 5.62. The van der Waals surface area contributed by atoms with E-state index in [1.807, 2.05) is 19.9 Å². The number of aryl methyl sites for hydroxylation is 2. The van der Waals surface area contributed by atoms with Crippen LogP contribution in [0.3, 0.4) is 0 Å². The maximum Gasteiger partial charge on any atom is 0.266 e. The highest BCUT2D eigenvalue weighted by molar-refractivity contribution is 6.35. The Hall–Kier alpha value is -2.64. The zero-order valence-corrected chi connectivity index (χ0v) is 16.3. The molecule has 2 heterocycles. The molecule has 0 atom stereocenters. The first-order valence-corrected chi connectivity index (χ1v) is 8.95.